The summed E-state index contributed by atoms with van der Waals surface area (Å²) in [6.45, 7) is 0.259. The molecular weight excluding hydrogens is 402 g/mol. The molecule has 0 spiro atoms. The number of hydrogen-bond acceptors (Lipinski definition) is 2. The van der Waals surface area contributed by atoms with Gasteiger partial charge in [-0.05, 0) is 35.9 Å². The average Bonchev–Trinajstić information content (AvgIpc) is 3.09. The van der Waals surface area contributed by atoms with Crippen LogP contribution in [0.2, 0.25) is 10.0 Å². The number of carbonyl (C=O) groups is 1. The number of nitrogens with zero attached hydrogens (tertiary/aromatic N) is 2. The summed E-state index contributed by atoms with van der Waals surface area (Å²) in [6.07, 6.45) is -2.38. The molecule has 0 bridgehead atoms. The summed E-state index contributed by atoms with van der Waals surface area (Å²) in [7, 11) is 0. The minimum absolute atomic E-state index is 0.0336. The number of hydrogen-bond donors (Lipinski definition) is 1. The molecule has 27 heavy (non-hydrogen) atoms. The number of aromatic nitrogens is 2. The number of halogens is 5. The molecule has 0 fully saturated rings. The van der Waals surface area contributed by atoms with Gasteiger partial charge in [0, 0.05) is 24.0 Å². The first kappa shape index (κ1) is 19.3. The highest BCUT2D eigenvalue weighted by molar-refractivity contribution is 6.32. The van der Waals surface area contributed by atoms with Gasteiger partial charge >= 0.3 is 6.18 Å². The average molecular weight is 414 g/mol. The van der Waals surface area contributed by atoms with Crippen molar-refractivity contribution in [3.05, 3.63) is 81.7 Å². The summed E-state index contributed by atoms with van der Waals surface area (Å²) in [5.74, 6) is -0.390. The van der Waals surface area contributed by atoms with Gasteiger partial charge in [0.2, 0.25) is 0 Å². The monoisotopic (exact) mass is 413 g/mol. The Morgan fingerprint density at radius 2 is 1.85 bits per heavy atom. The molecule has 0 atom stereocenters. The zero-order chi connectivity index (χ0) is 19.6. The van der Waals surface area contributed by atoms with Crippen LogP contribution < -0.4 is 5.32 Å². The molecule has 9 heteroatoms. The second kappa shape index (κ2) is 7.62. The molecule has 1 amide bonds. The van der Waals surface area contributed by atoms with Crippen molar-refractivity contribution in [3.8, 4) is 5.82 Å². The third-order valence-electron chi connectivity index (χ3n) is 3.73. The molecule has 2 aromatic heterocycles. The van der Waals surface area contributed by atoms with Crippen molar-refractivity contribution in [2.45, 2.75) is 12.7 Å². The lowest BCUT2D eigenvalue weighted by Crippen LogP contribution is -2.25. The van der Waals surface area contributed by atoms with Gasteiger partial charge in [-0.2, -0.15) is 13.2 Å². The third-order valence-corrected chi connectivity index (χ3v) is 4.26. The summed E-state index contributed by atoms with van der Waals surface area (Å²) in [5.41, 5.74) is 0.0758. The molecule has 4 nitrogen and oxygen atoms in total. The van der Waals surface area contributed by atoms with E-state index >= 15 is 0 Å². The van der Waals surface area contributed by atoms with Crippen molar-refractivity contribution in [3.63, 3.8) is 0 Å². The lowest BCUT2D eigenvalue weighted by atomic mass is 10.2. The Kier molecular flexibility index (Phi) is 5.43. The van der Waals surface area contributed by atoms with Crippen molar-refractivity contribution < 1.29 is 18.0 Å². The maximum Gasteiger partial charge on any atom is 0.417 e. The molecule has 0 aliphatic rings. The van der Waals surface area contributed by atoms with E-state index < -0.39 is 17.6 Å². The Balaban J connectivity index is 1.81. The second-order valence-electron chi connectivity index (χ2n) is 5.60. The van der Waals surface area contributed by atoms with E-state index in [9.17, 15) is 18.0 Å². The lowest BCUT2D eigenvalue weighted by Gasteiger charge is -2.12. The summed E-state index contributed by atoms with van der Waals surface area (Å²) in [4.78, 5) is 16.2. The predicted octanol–water partition coefficient (Wildman–Crippen LogP) is 5.13. The van der Waals surface area contributed by atoms with Gasteiger partial charge in [-0.15, -0.1) is 0 Å². The fraction of sp³-hybridized carbons (Fsp3) is 0.111. The molecule has 1 N–H and O–H groups in total. The first-order valence-corrected chi connectivity index (χ1v) is 8.44. The van der Waals surface area contributed by atoms with Crippen LogP contribution in [0.4, 0.5) is 13.2 Å². The molecule has 140 valence electrons. The van der Waals surface area contributed by atoms with E-state index in [1.54, 1.807) is 30.3 Å². The minimum Gasteiger partial charge on any atom is -0.347 e. The molecule has 0 saturated carbocycles. The van der Waals surface area contributed by atoms with Gasteiger partial charge in [0.05, 0.1) is 10.6 Å². The van der Waals surface area contributed by atoms with Gasteiger partial charge in [0.1, 0.15) is 5.69 Å². The Labute approximate surface area is 162 Å². The predicted molar refractivity (Wildman–Crippen MR) is 96.2 cm³/mol. The number of pyridine rings is 1. The zero-order valence-electron chi connectivity index (χ0n) is 13.6. The van der Waals surface area contributed by atoms with E-state index in [1.165, 1.54) is 16.8 Å². The molecule has 3 rings (SSSR count). The number of rotatable bonds is 4. The minimum atomic E-state index is -4.55. The van der Waals surface area contributed by atoms with Gasteiger partial charge in [0.15, 0.2) is 5.82 Å². The first-order chi connectivity index (χ1) is 12.8. The smallest absolute Gasteiger partial charge is 0.347 e. The van der Waals surface area contributed by atoms with Crippen molar-refractivity contribution in [2.75, 3.05) is 0 Å². The van der Waals surface area contributed by atoms with Crippen LogP contribution in [0.15, 0.2) is 54.9 Å². The Morgan fingerprint density at radius 3 is 2.48 bits per heavy atom. The molecule has 0 aliphatic heterocycles. The van der Waals surface area contributed by atoms with Gasteiger partial charge < -0.3 is 5.32 Å². The van der Waals surface area contributed by atoms with Crippen LogP contribution in [0, 0.1) is 0 Å². The van der Waals surface area contributed by atoms with Crippen LogP contribution >= 0.6 is 23.2 Å². The quantitative estimate of drug-likeness (QED) is 0.644. The van der Waals surface area contributed by atoms with Crippen LogP contribution in [0.1, 0.15) is 21.6 Å². The van der Waals surface area contributed by atoms with E-state index in [1.807, 2.05) is 0 Å². The fourth-order valence-electron chi connectivity index (χ4n) is 2.39. The lowest BCUT2D eigenvalue weighted by molar-refractivity contribution is -0.137. The molecule has 3 aromatic rings. The summed E-state index contributed by atoms with van der Waals surface area (Å²) >= 11 is 11.8. The molecule has 0 saturated heterocycles. The number of amides is 1. The largest absolute Gasteiger partial charge is 0.417 e. The van der Waals surface area contributed by atoms with Crippen LogP contribution in [0.5, 0.6) is 0 Å². The molecule has 2 heterocycles. The number of carbonyl (C=O) groups excluding carboxylic acids is 1. The number of alkyl halides is 3. The molecule has 0 unspecified atom stereocenters. The van der Waals surface area contributed by atoms with Crippen molar-refractivity contribution in [1.29, 1.82) is 0 Å². The second-order valence-corrected chi connectivity index (χ2v) is 6.44. The summed E-state index contributed by atoms with van der Waals surface area (Å²) in [6, 6.07) is 10.8. The highest BCUT2D eigenvalue weighted by atomic mass is 35.5. The standard InChI is InChI=1S/C18H12Cl2F3N3O/c19-13-5-3-11(4-6-13)9-25-17(27)15-2-1-7-26(15)16-14(20)8-12(10-24-16)18(21,22)23/h1-8,10H,9H2,(H,25,27). The van der Waals surface area contributed by atoms with E-state index in [-0.39, 0.29) is 23.1 Å². The van der Waals surface area contributed by atoms with Gasteiger partial charge in [-0.3, -0.25) is 9.36 Å². The highest BCUT2D eigenvalue weighted by Crippen LogP contribution is 2.32. The van der Waals surface area contributed by atoms with Gasteiger partial charge in [0.25, 0.3) is 5.91 Å². The topological polar surface area (TPSA) is 46.9 Å². The third kappa shape index (κ3) is 4.43. The maximum absolute atomic E-state index is 12.8. The number of nitrogens with one attached hydrogen (secondary N) is 1. The fourth-order valence-corrected chi connectivity index (χ4v) is 2.77. The normalized spacial score (nSPS) is 11.4. The van der Waals surface area contributed by atoms with E-state index in [0.29, 0.717) is 11.2 Å². The summed E-state index contributed by atoms with van der Waals surface area (Å²) < 4.78 is 39.6. The van der Waals surface area contributed by atoms with E-state index in [0.717, 1.165) is 11.6 Å². The van der Waals surface area contributed by atoms with Gasteiger partial charge in [-0.1, -0.05) is 35.3 Å². The van der Waals surface area contributed by atoms with Crippen molar-refractivity contribution in [2.24, 2.45) is 0 Å². The zero-order valence-corrected chi connectivity index (χ0v) is 15.1. The van der Waals surface area contributed by atoms with Crippen LogP contribution in [-0.4, -0.2) is 15.5 Å². The first-order valence-electron chi connectivity index (χ1n) is 7.69. The molecule has 0 radical (unpaired) electrons. The van der Waals surface area contributed by atoms with Crippen molar-refractivity contribution >= 4 is 29.1 Å². The Bertz CT molecular complexity index is 969. The molecule has 0 aliphatic carbocycles. The van der Waals surface area contributed by atoms with E-state index in [4.69, 9.17) is 23.2 Å². The van der Waals surface area contributed by atoms with E-state index in [2.05, 4.69) is 10.3 Å². The highest BCUT2D eigenvalue weighted by Gasteiger charge is 2.32. The Morgan fingerprint density at radius 1 is 1.15 bits per heavy atom. The van der Waals surface area contributed by atoms with Crippen molar-refractivity contribution in [1.82, 2.24) is 14.9 Å². The Hall–Kier alpha value is -2.51. The molecular formula is C18H12Cl2F3N3O. The number of benzene rings is 1. The van der Waals surface area contributed by atoms with Crippen LogP contribution in [0.25, 0.3) is 5.82 Å². The SMILES string of the molecule is O=C(NCc1ccc(Cl)cc1)c1cccn1-c1ncc(C(F)(F)F)cc1Cl. The van der Waals surface area contributed by atoms with Crippen LogP contribution in [0.3, 0.4) is 0 Å². The molecule has 1 aromatic carbocycles. The summed E-state index contributed by atoms with van der Waals surface area (Å²) in [5, 5.41) is 3.10. The van der Waals surface area contributed by atoms with Crippen LogP contribution in [-0.2, 0) is 12.7 Å². The maximum atomic E-state index is 12.8. The van der Waals surface area contributed by atoms with Gasteiger partial charge in [-0.25, -0.2) is 4.98 Å².